The number of nitrogens with zero attached hydrogens (tertiary/aromatic N) is 3. The molecule has 0 spiro atoms. The van der Waals surface area contributed by atoms with Crippen LogP contribution in [0.2, 0.25) is 0 Å². The van der Waals surface area contributed by atoms with Crippen LogP contribution in [-0.2, 0) is 32.1 Å². The van der Waals surface area contributed by atoms with Crippen LogP contribution in [-0.4, -0.2) is 91.1 Å². The van der Waals surface area contributed by atoms with Gasteiger partial charge in [0.2, 0.25) is 12.7 Å². The molecule has 0 saturated heterocycles. The van der Waals surface area contributed by atoms with Crippen molar-refractivity contribution in [1.29, 1.82) is 5.26 Å². The van der Waals surface area contributed by atoms with E-state index in [1.165, 1.54) is 19.0 Å². The third kappa shape index (κ3) is 4.18. The minimum absolute atomic E-state index is 0.105. The van der Waals surface area contributed by atoms with Gasteiger partial charge in [-0.25, -0.2) is 0 Å². The van der Waals surface area contributed by atoms with Gasteiger partial charge in [0.05, 0.1) is 28.9 Å². The minimum Gasteiger partial charge on any atom is -0.505 e. The minimum atomic E-state index is -2.81. The Labute approximate surface area is 269 Å². The first-order valence-corrected chi connectivity index (χ1v) is 14.8. The molecule has 4 aliphatic rings. The number of likely N-dealkylation sites (N-methyl/N-ethyl adjacent to an activating group) is 1. The van der Waals surface area contributed by atoms with E-state index in [9.17, 15) is 34.3 Å². The van der Waals surface area contributed by atoms with Gasteiger partial charge in [0.1, 0.15) is 11.7 Å². The van der Waals surface area contributed by atoms with Gasteiger partial charge in [-0.3, -0.25) is 28.9 Å². The zero-order chi connectivity index (χ0) is 34.4. The molecule has 6 rings (SSSR count). The van der Waals surface area contributed by atoms with Crippen molar-refractivity contribution in [3.05, 3.63) is 41.0 Å². The number of Topliss-reactive ketones (excluding diaryl/α,β-unsaturated/α-hetero) is 4. The molecule has 47 heavy (non-hydrogen) atoms. The Bertz CT molecular complexity index is 1840. The fourth-order valence-electron chi connectivity index (χ4n) is 8.04. The van der Waals surface area contributed by atoms with Crippen molar-refractivity contribution in [2.45, 2.75) is 36.5 Å². The normalized spacial score (nSPS) is 30.7. The number of nitrogens with one attached hydrogen (secondary N) is 1. The van der Waals surface area contributed by atoms with Crippen molar-refractivity contribution >= 4 is 40.4 Å². The van der Waals surface area contributed by atoms with Crippen LogP contribution in [0.5, 0.6) is 17.2 Å². The number of nitriles is 1. The molecule has 0 radical (unpaired) electrons. The van der Waals surface area contributed by atoms with Gasteiger partial charge in [-0.1, -0.05) is 6.07 Å². The van der Waals surface area contributed by atoms with Crippen LogP contribution in [0.3, 0.4) is 0 Å². The second-order valence-electron chi connectivity index (χ2n) is 13.2. The number of ketones is 4. The summed E-state index contributed by atoms with van der Waals surface area (Å²) < 4.78 is 10.8. The van der Waals surface area contributed by atoms with Crippen molar-refractivity contribution in [2.75, 3.05) is 45.2 Å². The molecular formula is C32H35N7O8. The summed E-state index contributed by atoms with van der Waals surface area (Å²) in [5, 5.41) is 25.3. The largest absolute Gasteiger partial charge is 0.505 e. The first-order chi connectivity index (χ1) is 22.0. The number of hydrogen-bond acceptors (Lipinski definition) is 14. The van der Waals surface area contributed by atoms with E-state index in [1.807, 2.05) is 6.07 Å². The van der Waals surface area contributed by atoms with Crippen LogP contribution >= 0.6 is 0 Å². The van der Waals surface area contributed by atoms with Crippen LogP contribution in [0.25, 0.3) is 0 Å². The first kappa shape index (κ1) is 31.9. The highest BCUT2D eigenvalue weighted by atomic mass is 16.7. The summed E-state index contributed by atoms with van der Waals surface area (Å²) in [4.78, 5) is 72.1. The van der Waals surface area contributed by atoms with Gasteiger partial charge >= 0.3 is 0 Å². The van der Waals surface area contributed by atoms with Crippen molar-refractivity contribution < 1.29 is 38.6 Å². The zero-order valence-corrected chi connectivity index (χ0v) is 26.2. The van der Waals surface area contributed by atoms with Crippen LogP contribution in [0.15, 0.2) is 24.3 Å². The number of phenols is 1. The lowest BCUT2D eigenvalue weighted by Gasteiger charge is -2.60. The van der Waals surface area contributed by atoms with Gasteiger partial charge in [-0.15, -0.1) is 0 Å². The number of hydrogen-bond donors (Lipinski definition) is 5. The maximum atomic E-state index is 14.6. The second-order valence-corrected chi connectivity index (χ2v) is 13.2. The van der Waals surface area contributed by atoms with E-state index in [0.717, 1.165) is 5.56 Å². The summed E-state index contributed by atoms with van der Waals surface area (Å²) >= 11 is 0. The van der Waals surface area contributed by atoms with Crippen LogP contribution in [0.1, 0.15) is 27.9 Å². The monoisotopic (exact) mass is 645 g/mol. The number of nitrogens with two attached hydrogens (primary N) is 3. The Morgan fingerprint density at radius 3 is 2.38 bits per heavy atom. The fourth-order valence-corrected chi connectivity index (χ4v) is 8.04. The van der Waals surface area contributed by atoms with Gasteiger partial charge in [0.15, 0.2) is 46.0 Å². The quantitative estimate of drug-likeness (QED) is 0.191. The van der Waals surface area contributed by atoms with Crippen molar-refractivity contribution in [3.63, 3.8) is 0 Å². The highest BCUT2D eigenvalue weighted by Gasteiger charge is 2.78. The number of primary amides is 1. The molecule has 2 saturated carbocycles. The highest BCUT2D eigenvalue weighted by molar-refractivity contribution is 6.33. The maximum Gasteiger partial charge on any atom is 0.235 e. The lowest BCUT2D eigenvalue weighted by molar-refractivity contribution is -0.166. The number of anilines is 2. The number of ether oxygens (including phenoxy) is 2. The smallest absolute Gasteiger partial charge is 0.235 e. The Kier molecular flexibility index (Phi) is 7.13. The number of phenolic OH excluding ortho intramolecular Hbond substituents is 1. The first-order valence-electron chi connectivity index (χ1n) is 14.8. The molecule has 0 bridgehead atoms. The van der Waals surface area contributed by atoms with E-state index in [-0.39, 0.29) is 31.0 Å². The van der Waals surface area contributed by atoms with Crippen molar-refractivity contribution in [3.8, 4) is 23.3 Å². The third-order valence-electron chi connectivity index (χ3n) is 9.97. The molecule has 1 heterocycles. The number of aromatic hydroxyl groups is 1. The number of rotatable bonds is 6. The predicted octanol–water partition coefficient (Wildman–Crippen LogP) is -0.785. The Hall–Kier alpha value is -5.04. The lowest BCUT2D eigenvalue weighted by Crippen LogP contribution is -2.85. The summed E-state index contributed by atoms with van der Waals surface area (Å²) in [6.45, 7) is 0.317. The molecular weight excluding hydrogens is 610 g/mol. The van der Waals surface area contributed by atoms with E-state index in [4.69, 9.17) is 26.7 Å². The molecule has 2 fully saturated rings. The molecule has 246 valence electrons. The van der Waals surface area contributed by atoms with E-state index < -0.39 is 75.6 Å². The molecule has 15 nitrogen and oxygen atoms in total. The molecule has 2 aromatic rings. The molecule has 8 N–H and O–H groups in total. The summed E-state index contributed by atoms with van der Waals surface area (Å²) in [6, 6.07) is 7.23. The zero-order valence-electron chi connectivity index (χ0n) is 26.2. The maximum absolute atomic E-state index is 14.6. The summed E-state index contributed by atoms with van der Waals surface area (Å²) in [7, 11) is 6.37. The molecule has 2 aromatic carbocycles. The summed E-state index contributed by atoms with van der Waals surface area (Å²) in [5.74, 6) is -9.05. The molecule has 1 amide bonds. The molecule has 1 aliphatic heterocycles. The lowest BCUT2D eigenvalue weighted by atomic mass is 9.42. The third-order valence-corrected chi connectivity index (χ3v) is 9.97. The summed E-state index contributed by atoms with van der Waals surface area (Å²) in [6.07, 6.45) is -0.658. The van der Waals surface area contributed by atoms with Crippen molar-refractivity contribution in [1.82, 2.24) is 4.90 Å². The summed E-state index contributed by atoms with van der Waals surface area (Å²) in [5.41, 5.74) is 14.1. The van der Waals surface area contributed by atoms with E-state index in [2.05, 4.69) is 5.32 Å². The molecule has 6 atom stereocenters. The van der Waals surface area contributed by atoms with Gasteiger partial charge in [-0.05, 0) is 56.3 Å². The van der Waals surface area contributed by atoms with E-state index in [1.54, 1.807) is 43.3 Å². The standard InChI is InChI=1S/C32H35N7O8/c1-38(2)17-8-16(37-10-14-5-6-18-19(7-14)47-13-46-18)23(40)20-15(17)9-30(35)11-32(36)26(39(3)4)25(42)21(29(34)45)27(43)31(32,12-33)28(44)22(30)24(20)41/h5-8,21-22,26,37,40H,9-11,13,35-36H2,1-4H3,(H2,34,45)/t21?,22?,26-,30-,31+,32-/m1/s1. The number of carbonyl (C=O) groups is 5. The molecule has 3 aliphatic carbocycles. The van der Waals surface area contributed by atoms with E-state index >= 15 is 0 Å². The number of carbonyl (C=O) groups excluding carboxylic acids is 5. The fraction of sp³-hybridized carbons (Fsp3) is 0.438. The average Bonchev–Trinajstić information content (AvgIpc) is 3.43. The van der Waals surface area contributed by atoms with Gasteiger partial charge in [0, 0.05) is 31.9 Å². The topological polar surface area (TPSA) is 244 Å². The average molecular weight is 646 g/mol. The molecule has 0 aromatic heterocycles. The number of amides is 1. The SMILES string of the molecule is CN(C)c1cc(NCc2ccc3c(c2)OCO3)c(O)c2c1C[C@@]1(N)C[C@@]3(N)[C@H](N(C)C)C(=O)C(C(N)=O)C(=O)[C@@]3(C#N)C(=O)C1C2=O. The van der Waals surface area contributed by atoms with Gasteiger partial charge in [-0.2, -0.15) is 5.26 Å². The second kappa shape index (κ2) is 10.5. The van der Waals surface area contributed by atoms with Crippen LogP contribution in [0, 0.1) is 28.6 Å². The molecule has 15 heteroatoms. The number of fused-ring (bicyclic) bond motifs is 4. The van der Waals surface area contributed by atoms with Crippen molar-refractivity contribution in [2.24, 2.45) is 34.5 Å². The van der Waals surface area contributed by atoms with Crippen LogP contribution < -0.4 is 36.9 Å². The Morgan fingerprint density at radius 1 is 1.09 bits per heavy atom. The Balaban J connectivity index is 1.48. The van der Waals surface area contributed by atoms with Gasteiger partial charge in [0.25, 0.3) is 0 Å². The predicted molar refractivity (Wildman–Crippen MR) is 166 cm³/mol. The highest BCUT2D eigenvalue weighted by Crippen LogP contribution is 2.57. The van der Waals surface area contributed by atoms with Gasteiger partial charge < -0.3 is 42.0 Å². The van der Waals surface area contributed by atoms with E-state index in [0.29, 0.717) is 22.7 Å². The molecule has 2 unspecified atom stereocenters. The Morgan fingerprint density at radius 2 is 1.77 bits per heavy atom. The number of benzene rings is 2. The van der Waals surface area contributed by atoms with Crippen LogP contribution in [0.4, 0.5) is 11.4 Å².